The molecule has 2 aromatic carbocycles. The Hall–Kier alpha value is -2.41. The van der Waals surface area contributed by atoms with Gasteiger partial charge >= 0.3 is 5.97 Å². The molecule has 1 fully saturated rings. The third kappa shape index (κ3) is 5.79. The van der Waals surface area contributed by atoms with E-state index in [1.54, 1.807) is 24.3 Å². The molecule has 0 bridgehead atoms. The van der Waals surface area contributed by atoms with Crippen LogP contribution in [0.4, 0.5) is 8.78 Å². The van der Waals surface area contributed by atoms with Crippen molar-refractivity contribution in [3.8, 4) is 0 Å². The molecule has 148 valence electrons. The highest BCUT2D eigenvalue weighted by Gasteiger charge is 2.27. The molecule has 0 heterocycles. The highest BCUT2D eigenvalue weighted by Crippen LogP contribution is 2.36. The van der Waals surface area contributed by atoms with Crippen molar-refractivity contribution in [2.75, 3.05) is 5.75 Å². The van der Waals surface area contributed by atoms with Gasteiger partial charge < -0.3 is 10.1 Å². The smallest absolute Gasteiger partial charge is 0.316 e. The zero-order valence-electron chi connectivity index (χ0n) is 15.4. The Labute approximate surface area is 166 Å². The topological polar surface area (TPSA) is 55.4 Å². The van der Waals surface area contributed by atoms with Crippen molar-refractivity contribution in [3.05, 3.63) is 71.3 Å². The van der Waals surface area contributed by atoms with E-state index < -0.39 is 12.1 Å². The fourth-order valence-corrected chi connectivity index (χ4v) is 3.71. The lowest BCUT2D eigenvalue weighted by Crippen LogP contribution is -2.37. The summed E-state index contributed by atoms with van der Waals surface area (Å²) in [7, 11) is 0. The SMILES string of the molecule is C[C@H](OC(=O)CSC(c1ccc(F)cc1)c1ccc(F)cc1)C(=O)NC1CC1. The van der Waals surface area contributed by atoms with E-state index in [4.69, 9.17) is 4.74 Å². The molecule has 0 radical (unpaired) electrons. The summed E-state index contributed by atoms with van der Waals surface area (Å²) in [5, 5.41) is 2.49. The molecule has 28 heavy (non-hydrogen) atoms. The number of ether oxygens (including phenoxy) is 1. The second-order valence-corrected chi connectivity index (χ2v) is 7.80. The van der Waals surface area contributed by atoms with Gasteiger partial charge in [-0.1, -0.05) is 24.3 Å². The Morgan fingerprint density at radius 2 is 1.54 bits per heavy atom. The fraction of sp³-hybridized carbons (Fsp3) is 0.333. The van der Waals surface area contributed by atoms with Crippen molar-refractivity contribution >= 4 is 23.6 Å². The van der Waals surface area contributed by atoms with Gasteiger partial charge in [-0.3, -0.25) is 9.59 Å². The van der Waals surface area contributed by atoms with Crippen LogP contribution in [0, 0.1) is 11.6 Å². The average molecular weight is 405 g/mol. The normalized spacial score (nSPS) is 14.6. The molecular weight excluding hydrogens is 384 g/mol. The molecule has 0 saturated heterocycles. The number of rotatable bonds is 8. The van der Waals surface area contributed by atoms with Crippen molar-refractivity contribution in [1.29, 1.82) is 0 Å². The number of amides is 1. The van der Waals surface area contributed by atoms with Crippen LogP contribution in [0.15, 0.2) is 48.5 Å². The number of thioether (sulfide) groups is 1. The van der Waals surface area contributed by atoms with Gasteiger partial charge in [-0.15, -0.1) is 11.8 Å². The number of hydrogen-bond acceptors (Lipinski definition) is 4. The Morgan fingerprint density at radius 3 is 2.00 bits per heavy atom. The molecule has 1 atom stereocenters. The quantitative estimate of drug-likeness (QED) is 0.675. The van der Waals surface area contributed by atoms with Crippen molar-refractivity contribution in [3.63, 3.8) is 0 Å². The van der Waals surface area contributed by atoms with Crippen molar-refractivity contribution in [1.82, 2.24) is 5.32 Å². The van der Waals surface area contributed by atoms with E-state index in [-0.39, 0.29) is 34.6 Å². The third-order valence-electron chi connectivity index (χ3n) is 4.31. The van der Waals surface area contributed by atoms with Crippen molar-refractivity contribution < 1.29 is 23.1 Å². The van der Waals surface area contributed by atoms with Crippen molar-refractivity contribution in [2.24, 2.45) is 0 Å². The van der Waals surface area contributed by atoms with E-state index in [0.717, 1.165) is 24.0 Å². The van der Waals surface area contributed by atoms with Gasteiger partial charge in [-0.2, -0.15) is 0 Å². The Morgan fingerprint density at radius 1 is 1.04 bits per heavy atom. The van der Waals surface area contributed by atoms with Gasteiger partial charge in [-0.05, 0) is 55.2 Å². The Kier molecular flexibility index (Phi) is 6.67. The Bertz CT molecular complexity index is 777. The maximum Gasteiger partial charge on any atom is 0.316 e. The molecule has 1 aliphatic rings. The van der Waals surface area contributed by atoms with Gasteiger partial charge in [0.05, 0.1) is 11.0 Å². The van der Waals surface area contributed by atoms with E-state index >= 15 is 0 Å². The van der Waals surface area contributed by atoms with Crippen LogP contribution in [-0.2, 0) is 14.3 Å². The summed E-state index contributed by atoms with van der Waals surface area (Å²) in [6.45, 7) is 1.54. The van der Waals surface area contributed by atoms with E-state index in [9.17, 15) is 18.4 Å². The van der Waals surface area contributed by atoms with E-state index in [0.29, 0.717) is 0 Å². The lowest BCUT2D eigenvalue weighted by Gasteiger charge is -2.18. The van der Waals surface area contributed by atoms with Gasteiger partial charge in [0, 0.05) is 6.04 Å². The minimum atomic E-state index is -0.858. The number of carbonyl (C=O) groups is 2. The van der Waals surface area contributed by atoms with Crippen LogP contribution in [0.25, 0.3) is 0 Å². The number of hydrogen-bond donors (Lipinski definition) is 1. The largest absolute Gasteiger partial charge is 0.452 e. The molecule has 3 rings (SSSR count). The minimum Gasteiger partial charge on any atom is -0.452 e. The molecule has 0 aromatic heterocycles. The summed E-state index contributed by atoms with van der Waals surface area (Å²) >= 11 is 1.28. The fourth-order valence-electron chi connectivity index (χ4n) is 2.64. The first-order valence-corrected chi connectivity index (χ1v) is 10.1. The van der Waals surface area contributed by atoms with Crippen LogP contribution >= 0.6 is 11.8 Å². The molecule has 4 nitrogen and oxygen atoms in total. The zero-order valence-corrected chi connectivity index (χ0v) is 16.2. The molecule has 0 aliphatic heterocycles. The zero-order chi connectivity index (χ0) is 20.1. The maximum atomic E-state index is 13.3. The van der Waals surface area contributed by atoms with Crippen molar-refractivity contribution in [2.45, 2.75) is 37.2 Å². The monoisotopic (exact) mass is 405 g/mol. The van der Waals surface area contributed by atoms with Gasteiger partial charge in [0.1, 0.15) is 11.6 Å². The van der Waals surface area contributed by atoms with Gasteiger partial charge in [0.25, 0.3) is 5.91 Å². The predicted molar refractivity (Wildman–Crippen MR) is 104 cm³/mol. The summed E-state index contributed by atoms with van der Waals surface area (Å²) in [5.41, 5.74) is 1.57. The number of carbonyl (C=O) groups excluding carboxylic acids is 2. The number of esters is 1. The summed E-state index contributed by atoms with van der Waals surface area (Å²) < 4.78 is 31.7. The number of benzene rings is 2. The van der Waals surface area contributed by atoms with Crippen LogP contribution in [0.2, 0.25) is 0 Å². The van der Waals surface area contributed by atoms with Gasteiger partial charge in [-0.25, -0.2) is 8.78 Å². The minimum absolute atomic E-state index is 0.000464. The molecule has 1 N–H and O–H groups in total. The van der Waals surface area contributed by atoms with Crippen LogP contribution in [0.5, 0.6) is 0 Å². The molecule has 1 saturated carbocycles. The summed E-state index contributed by atoms with van der Waals surface area (Å²) in [4.78, 5) is 24.1. The predicted octanol–water partition coefficient (Wildman–Crippen LogP) is 4.00. The highest BCUT2D eigenvalue weighted by atomic mass is 32.2. The molecule has 0 unspecified atom stereocenters. The molecule has 1 amide bonds. The second kappa shape index (κ2) is 9.19. The average Bonchev–Trinajstić information content (AvgIpc) is 3.48. The van der Waals surface area contributed by atoms with Crippen LogP contribution < -0.4 is 5.32 Å². The first-order chi connectivity index (χ1) is 13.4. The molecular formula is C21H21F2NO3S. The summed E-state index contributed by atoms with van der Waals surface area (Å²) in [6, 6.07) is 12.1. The lowest BCUT2D eigenvalue weighted by molar-refractivity contribution is -0.152. The molecule has 2 aromatic rings. The van der Waals surface area contributed by atoms with Gasteiger partial charge in [0.15, 0.2) is 6.10 Å². The molecule has 0 spiro atoms. The van der Waals surface area contributed by atoms with Crippen LogP contribution in [0.3, 0.4) is 0 Å². The standard InChI is InChI=1S/C21H21F2NO3S/c1-13(21(26)24-18-10-11-18)27-19(25)12-28-20(14-2-6-16(22)7-3-14)15-4-8-17(23)9-5-15/h2-9,13,18,20H,10-12H2,1H3,(H,24,26)/t13-/m0/s1. The molecule has 7 heteroatoms. The summed E-state index contributed by atoms with van der Waals surface area (Å²) in [5.74, 6) is -1.53. The first kappa shape index (κ1) is 20.3. The summed E-state index contributed by atoms with van der Waals surface area (Å²) in [6.07, 6.45) is 1.06. The number of halogens is 2. The first-order valence-electron chi connectivity index (χ1n) is 9.05. The van der Waals surface area contributed by atoms with E-state index in [1.807, 2.05) is 0 Å². The van der Waals surface area contributed by atoms with Gasteiger partial charge in [0.2, 0.25) is 0 Å². The second-order valence-electron chi connectivity index (χ2n) is 6.71. The number of nitrogens with one attached hydrogen (secondary N) is 1. The van der Waals surface area contributed by atoms with E-state index in [2.05, 4.69) is 5.32 Å². The third-order valence-corrected chi connectivity index (χ3v) is 5.59. The van der Waals surface area contributed by atoms with Crippen LogP contribution in [-0.4, -0.2) is 29.8 Å². The lowest BCUT2D eigenvalue weighted by atomic mass is 10.0. The molecule has 1 aliphatic carbocycles. The van der Waals surface area contributed by atoms with E-state index in [1.165, 1.54) is 43.0 Å². The highest BCUT2D eigenvalue weighted by molar-refractivity contribution is 8.00. The Balaban J connectivity index is 1.63. The maximum absolute atomic E-state index is 13.3. The van der Waals surface area contributed by atoms with Crippen LogP contribution in [0.1, 0.15) is 36.1 Å².